The van der Waals surface area contributed by atoms with Crippen LogP contribution in [0.1, 0.15) is 19.4 Å². The van der Waals surface area contributed by atoms with Crippen molar-refractivity contribution in [3.63, 3.8) is 0 Å². The second kappa shape index (κ2) is 6.87. The lowest BCUT2D eigenvalue weighted by atomic mass is 10.2. The Balaban J connectivity index is 2.03. The number of halogens is 2. The van der Waals surface area contributed by atoms with E-state index in [0.29, 0.717) is 16.6 Å². The van der Waals surface area contributed by atoms with Crippen molar-refractivity contribution in [3.8, 4) is 5.75 Å². The van der Waals surface area contributed by atoms with Crippen molar-refractivity contribution in [2.75, 3.05) is 5.32 Å². The van der Waals surface area contributed by atoms with Crippen molar-refractivity contribution in [1.29, 1.82) is 0 Å². The van der Waals surface area contributed by atoms with E-state index in [-0.39, 0.29) is 6.10 Å². The predicted octanol–water partition coefficient (Wildman–Crippen LogP) is 5.39. The normalized spacial score (nSPS) is 10.7. The molecule has 2 aromatic rings. The molecule has 0 saturated carbocycles. The van der Waals surface area contributed by atoms with E-state index in [1.807, 2.05) is 50.2 Å². The second-order valence-corrected chi connectivity index (χ2v) is 5.63. The fraction of sp³-hybridized carbons (Fsp3) is 0.250. The zero-order chi connectivity index (χ0) is 14.5. The number of benzene rings is 2. The fourth-order valence-corrected chi connectivity index (χ4v) is 2.29. The monoisotopic (exact) mass is 309 g/mol. The Morgan fingerprint density at radius 3 is 2.60 bits per heavy atom. The van der Waals surface area contributed by atoms with E-state index < -0.39 is 0 Å². The highest BCUT2D eigenvalue weighted by Crippen LogP contribution is 2.23. The summed E-state index contributed by atoms with van der Waals surface area (Å²) in [5.74, 6) is 0.854. The first-order valence-corrected chi connectivity index (χ1v) is 7.24. The molecule has 0 aliphatic rings. The Hall–Kier alpha value is -1.38. The Kier molecular flexibility index (Phi) is 5.16. The number of hydrogen-bond acceptors (Lipinski definition) is 2. The molecule has 0 radical (unpaired) electrons. The van der Waals surface area contributed by atoms with Crippen molar-refractivity contribution in [2.24, 2.45) is 0 Å². The molecule has 2 nitrogen and oxygen atoms in total. The molecule has 0 unspecified atom stereocenters. The zero-order valence-electron chi connectivity index (χ0n) is 11.5. The summed E-state index contributed by atoms with van der Waals surface area (Å²) in [6.07, 6.45) is 0.163. The number of ether oxygens (including phenoxy) is 1. The van der Waals surface area contributed by atoms with Gasteiger partial charge >= 0.3 is 0 Å². The third-order valence-electron chi connectivity index (χ3n) is 2.70. The van der Waals surface area contributed by atoms with Gasteiger partial charge in [0.1, 0.15) is 5.75 Å². The van der Waals surface area contributed by atoms with Gasteiger partial charge in [-0.05, 0) is 43.7 Å². The third kappa shape index (κ3) is 4.32. The number of anilines is 1. The quantitative estimate of drug-likeness (QED) is 0.799. The van der Waals surface area contributed by atoms with Gasteiger partial charge in [-0.2, -0.15) is 0 Å². The standard InChI is InChI=1S/C16H17Cl2NO/c1-11(2)20-15-5-3-4-14(9-15)19-10-12-6-7-13(17)8-16(12)18/h3-9,11,19H,10H2,1-2H3. The SMILES string of the molecule is CC(C)Oc1cccc(NCc2ccc(Cl)cc2Cl)c1. The summed E-state index contributed by atoms with van der Waals surface area (Å²) in [4.78, 5) is 0. The largest absolute Gasteiger partial charge is 0.491 e. The summed E-state index contributed by atoms with van der Waals surface area (Å²) < 4.78 is 5.66. The van der Waals surface area contributed by atoms with Crippen LogP contribution in [0.5, 0.6) is 5.75 Å². The molecule has 4 heteroatoms. The van der Waals surface area contributed by atoms with Gasteiger partial charge in [0.15, 0.2) is 0 Å². The molecular formula is C16H17Cl2NO. The Morgan fingerprint density at radius 1 is 1.10 bits per heavy atom. The predicted molar refractivity (Wildman–Crippen MR) is 86.0 cm³/mol. The molecular weight excluding hydrogens is 293 g/mol. The number of hydrogen-bond donors (Lipinski definition) is 1. The average Bonchev–Trinajstić information content (AvgIpc) is 2.37. The number of nitrogens with one attached hydrogen (secondary N) is 1. The topological polar surface area (TPSA) is 21.3 Å². The van der Waals surface area contributed by atoms with Gasteiger partial charge in [0.25, 0.3) is 0 Å². The molecule has 20 heavy (non-hydrogen) atoms. The summed E-state index contributed by atoms with van der Waals surface area (Å²) in [7, 11) is 0. The Bertz CT molecular complexity index is 584. The van der Waals surface area contributed by atoms with Crippen LogP contribution in [0.2, 0.25) is 10.0 Å². The first-order chi connectivity index (χ1) is 9.54. The molecule has 2 aromatic carbocycles. The van der Waals surface area contributed by atoms with Crippen LogP contribution in [0.15, 0.2) is 42.5 Å². The van der Waals surface area contributed by atoms with Crippen LogP contribution in [0.4, 0.5) is 5.69 Å². The highest BCUT2D eigenvalue weighted by Gasteiger charge is 2.03. The summed E-state index contributed by atoms with van der Waals surface area (Å²) in [5, 5.41) is 4.64. The minimum Gasteiger partial charge on any atom is -0.491 e. The maximum absolute atomic E-state index is 6.15. The molecule has 0 aromatic heterocycles. The molecule has 0 bridgehead atoms. The number of rotatable bonds is 5. The zero-order valence-corrected chi connectivity index (χ0v) is 13.0. The van der Waals surface area contributed by atoms with E-state index in [2.05, 4.69) is 5.32 Å². The van der Waals surface area contributed by atoms with Crippen molar-refractivity contribution < 1.29 is 4.74 Å². The van der Waals surface area contributed by atoms with Crippen molar-refractivity contribution in [2.45, 2.75) is 26.5 Å². The molecule has 0 saturated heterocycles. The van der Waals surface area contributed by atoms with Gasteiger partial charge < -0.3 is 10.1 Å². The molecule has 2 rings (SSSR count). The Labute approximate surface area is 129 Å². The van der Waals surface area contributed by atoms with Crippen LogP contribution in [0.25, 0.3) is 0 Å². The van der Waals surface area contributed by atoms with Gasteiger partial charge in [-0.15, -0.1) is 0 Å². The highest BCUT2D eigenvalue weighted by atomic mass is 35.5. The lowest BCUT2D eigenvalue weighted by molar-refractivity contribution is 0.242. The minimum absolute atomic E-state index is 0.163. The smallest absolute Gasteiger partial charge is 0.121 e. The van der Waals surface area contributed by atoms with Crippen LogP contribution in [0, 0.1) is 0 Å². The van der Waals surface area contributed by atoms with Crippen molar-refractivity contribution >= 4 is 28.9 Å². The van der Waals surface area contributed by atoms with Gasteiger partial charge in [0, 0.05) is 28.3 Å². The molecule has 0 spiro atoms. The summed E-state index contributed by atoms with van der Waals surface area (Å²) >= 11 is 12.0. The summed E-state index contributed by atoms with van der Waals surface area (Å²) in [6.45, 7) is 4.66. The van der Waals surface area contributed by atoms with Crippen LogP contribution in [-0.4, -0.2) is 6.10 Å². The minimum atomic E-state index is 0.163. The average molecular weight is 310 g/mol. The van der Waals surface area contributed by atoms with Crippen molar-refractivity contribution in [3.05, 3.63) is 58.1 Å². The summed E-state index contributed by atoms with van der Waals surface area (Å²) in [5.41, 5.74) is 2.00. The second-order valence-electron chi connectivity index (χ2n) is 4.78. The molecule has 0 aliphatic carbocycles. The van der Waals surface area contributed by atoms with Crippen molar-refractivity contribution in [1.82, 2.24) is 0 Å². The molecule has 106 valence electrons. The first kappa shape index (κ1) is 15.0. The molecule has 0 fully saturated rings. The molecule has 0 atom stereocenters. The van der Waals surface area contributed by atoms with Gasteiger partial charge in [-0.25, -0.2) is 0 Å². The molecule has 1 N–H and O–H groups in total. The van der Waals surface area contributed by atoms with Gasteiger partial charge in [0.05, 0.1) is 6.10 Å². The first-order valence-electron chi connectivity index (χ1n) is 6.49. The van der Waals surface area contributed by atoms with E-state index >= 15 is 0 Å². The van der Waals surface area contributed by atoms with E-state index in [9.17, 15) is 0 Å². The third-order valence-corrected chi connectivity index (χ3v) is 3.29. The summed E-state index contributed by atoms with van der Waals surface area (Å²) in [6, 6.07) is 13.4. The van der Waals surface area contributed by atoms with E-state index in [0.717, 1.165) is 17.0 Å². The highest BCUT2D eigenvalue weighted by molar-refractivity contribution is 6.35. The van der Waals surface area contributed by atoms with Gasteiger partial charge in [0.2, 0.25) is 0 Å². The molecule has 0 amide bonds. The maximum Gasteiger partial charge on any atom is 0.121 e. The van der Waals surface area contributed by atoms with Crippen LogP contribution in [-0.2, 0) is 6.54 Å². The Morgan fingerprint density at radius 2 is 1.90 bits per heavy atom. The molecule has 0 aliphatic heterocycles. The van der Waals surface area contributed by atoms with Gasteiger partial charge in [-0.3, -0.25) is 0 Å². The maximum atomic E-state index is 6.15. The van der Waals surface area contributed by atoms with Crippen LogP contribution < -0.4 is 10.1 Å². The lowest BCUT2D eigenvalue weighted by Gasteiger charge is -2.12. The van der Waals surface area contributed by atoms with E-state index in [4.69, 9.17) is 27.9 Å². The van der Waals surface area contributed by atoms with Crippen LogP contribution >= 0.6 is 23.2 Å². The lowest BCUT2D eigenvalue weighted by Crippen LogP contribution is -2.06. The van der Waals surface area contributed by atoms with Crippen LogP contribution in [0.3, 0.4) is 0 Å². The van der Waals surface area contributed by atoms with E-state index in [1.54, 1.807) is 6.07 Å². The van der Waals surface area contributed by atoms with E-state index in [1.165, 1.54) is 0 Å². The fourth-order valence-electron chi connectivity index (χ4n) is 1.81. The molecule has 0 heterocycles. The van der Waals surface area contributed by atoms with Gasteiger partial charge in [-0.1, -0.05) is 35.3 Å².